The molecule has 0 aromatic carbocycles. The van der Waals surface area contributed by atoms with Crippen LogP contribution < -0.4 is 0 Å². The Morgan fingerprint density at radius 2 is 1.75 bits per heavy atom. The van der Waals surface area contributed by atoms with Crippen LogP contribution in [0, 0.1) is 11.8 Å². The molecular formula is C12H24. The molecule has 0 aliphatic rings. The summed E-state index contributed by atoms with van der Waals surface area (Å²) >= 11 is 0. The maximum Gasteiger partial charge on any atom is -0.0353 e. The molecule has 0 saturated carbocycles. The quantitative estimate of drug-likeness (QED) is 0.390. The van der Waals surface area contributed by atoms with Gasteiger partial charge in [-0.3, -0.25) is 0 Å². The van der Waals surface area contributed by atoms with Crippen molar-refractivity contribution in [3.8, 4) is 0 Å². The second-order valence-corrected chi connectivity index (χ2v) is 4.15. The molecule has 0 aromatic heterocycles. The first-order valence-corrected chi connectivity index (χ1v) is 5.29. The summed E-state index contributed by atoms with van der Waals surface area (Å²) in [4.78, 5) is 0. The summed E-state index contributed by atoms with van der Waals surface area (Å²) < 4.78 is 0. The fourth-order valence-electron chi connectivity index (χ4n) is 1.27. The molecule has 0 saturated heterocycles. The van der Waals surface area contributed by atoms with Gasteiger partial charge < -0.3 is 0 Å². The summed E-state index contributed by atoms with van der Waals surface area (Å²) in [5.74, 6) is 1.75. The lowest BCUT2D eigenvalue weighted by Crippen LogP contribution is -2.03. The van der Waals surface area contributed by atoms with Gasteiger partial charge in [-0.1, -0.05) is 46.1 Å². The zero-order chi connectivity index (χ0) is 9.40. The molecule has 12 heavy (non-hydrogen) atoms. The fraction of sp³-hybridized carbons (Fsp3) is 0.833. The van der Waals surface area contributed by atoms with Crippen LogP contribution in [-0.4, -0.2) is 0 Å². The van der Waals surface area contributed by atoms with E-state index in [2.05, 4.69) is 27.4 Å². The standard InChI is InChI=1S/C12H24/c1-5-6-7-8-9-10-12(4)11(2)3/h5,11-12H,1,6-10H2,2-4H3. The average Bonchev–Trinajstić information content (AvgIpc) is 2.03. The predicted octanol–water partition coefficient (Wildman–Crippen LogP) is 4.42. The molecule has 1 atom stereocenters. The van der Waals surface area contributed by atoms with Crippen LogP contribution in [0.2, 0.25) is 0 Å². The predicted molar refractivity (Wildman–Crippen MR) is 57.3 cm³/mol. The Morgan fingerprint density at radius 3 is 2.25 bits per heavy atom. The van der Waals surface area contributed by atoms with Gasteiger partial charge in [-0.2, -0.15) is 0 Å². The molecule has 1 unspecified atom stereocenters. The average molecular weight is 168 g/mol. The summed E-state index contributed by atoms with van der Waals surface area (Å²) in [7, 11) is 0. The van der Waals surface area contributed by atoms with E-state index < -0.39 is 0 Å². The second-order valence-electron chi connectivity index (χ2n) is 4.15. The molecule has 0 fully saturated rings. The molecule has 0 bridgehead atoms. The molecule has 0 heteroatoms. The first kappa shape index (κ1) is 11.7. The van der Waals surface area contributed by atoms with Crippen LogP contribution in [0.15, 0.2) is 12.7 Å². The minimum Gasteiger partial charge on any atom is -0.103 e. The highest BCUT2D eigenvalue weighted by molar-refractivity contribution is 4.66. The van der Waals surface area contributed by atoms with Crippen molar-refractivity contribution in [3.63, 3.8) is 0 Å². The van der Waals surface area contributed by atoms with Gasteiger partial charge in [-0.25, -0.2) is 0 Å². The third-order valence-electron chi connectivity index (χ3n) is 2.71. The van der Waals surface area contributed by atoms with E-state index in [0.717, 1.165) is 11.8 Å². The third kappa shape index (κ3) is 6.45. The maximum atomic E-state index is 3.72. The smallest absolute Gasteiger partial charge is 0.0353 e. The van der Waals surface area contributed by atoms with Gasteiger partial charge >= 0.3 is 0 Å². The topological polar surface area (TPSA) is 0 Å². The van der Waals surface area contributed by atoms with Crippen LogP contribution in [-0.2, 0) is 0 Å². The van der Waals surface area contributed by atoms with E-state index in [4.69, 9.17) is 0 Å². The van der Waals surface area contributed by atoms with Crippen LogP contribution in [0.3, 0.4) is 0 Å². The van der Waals surface area contributed by atoms with E-state index in [9.17, 15) is 0 Å². The molecule has 0 amide bonds. The van der Waals surface area contributed by atoms with Crippen molar-refractivity contribution in [2.45, 2.75) is 52.9 Å². The summed E-state index contributed by atoms with van der Waals surface area (Å²) in [6.45, 7) is 10.7. The summed E-state index contributed by atoms with van der Waals surface area (Å²) in [6.07, 6.45) is 8.71. The Labute approximate surface area is 78.1 Å². The van der Waals surface area contributed by atoms with Gasteiger partial charge in [0.05, 0.1) is 0 Å². The molecule has 0 aromatic rings. The molecule has 0 N–H and O–H groups in total. The largest absolute Gasteiger partial charge is 0.103 e. The second kappa shape index (κ2) is 7.39. The number of unbranched alkanes of at least 4 members (excludes halogenated alkanes) is 3. The highest BCUT2D eigenvalue weighted by Crippen LogP contribution is 2.17. The number of hydrogen-bond donors (Lipinski definition) is 0. The minimum atomic E-state index is 0.851. The molecule has 0 heterocycles. The molecule has 0 radical (unpaired) electrons. The Bertz CT molecular complexity index is 103. The van der Waals surface area contributed by atoms with E-state index in [-0.39, 0.29) is 0 Å². The molecule has 0 aliphatic carbocycles. The maximum absolute atomic E-state index is 3.72. The number of rotatable bonds is 7. The summed E-state index contributed by atoms with van der Waals surface area (Å²) in [6, 6.07) is 0. The lowest BCUT2D eigenvalue weighted by atomic mass is 9.92. The normalized spacial score (nSPS) is 13.3. The highest BCUT2D eigenvalue weighted by atomic mass is 14.1. The van der Waals surface area contributed by atoms with Crippen LogP contribution in [0.4, 0.5) is 0 Å². The van der Waals surface area contributed by atoms with Gasteiger partial charge in [0, 0.05) is 0 Å². The molecule has 0 aliphatic heterocycles. The van der Waals surface area contributed by atoms with E-state index in [1.165, 1.54) is 32.1 Å². The monoisotopic (exact) mass is 168 g/mol. The van der Waals surface area contributed by atoms with Crippen molar-refractivity contribution in [1.82, 2.24) is 0 Å². The zero-order valence-corrected chi connectivity index (χ0v) is 8.97. The first-order valence-electron chi connectivity index (χ1n) is 5.29. The van der Waals surface area contributed by atoms with Crippen molar-refractivity contribution in [1.29, 1.82) is 0 Å². The van der Waals surface area contributed by atoms with E-state index in [0.29, 0.717) is 0 Å². The Balaban J connectivity index is 3.13. The van der Waals surface area contributed by atoms with Gasteiger partial charge in [-0.05, 0) is 24.7 Å². The SMILES string of the molecule is C=CCCCCCC(C)C(C)C. The van der Waals surface area contributed by atoms with Crippen LogP contribution in [0.1, 0.15) is 52.9 Å². The lowest BCUT2D eigenvalue weighted by molar-refractivity contribution is 0.376. The van der Waals surface area contributed by atoms with Crippen molar-refractivity contribution < 1.29 is 0 Å². The molecule has 0 rings (SSSR count). The van der Waals surface area contributed by atoms with Crippen LogP contribution in [0.25, 0.3) is 0 Å². The van der Waals surface area contributed by atoms with Gasteiger partial charge in [0.25, 0.3) is 0 Å². The van der Waals surface area contributed by atoms with E-state index in [1.807, 2.05) is 6.08 Å². The summed E-state index contributed by atoms with van der Waals surface area (Å²) in [5.41, 5.74) is 0. The molecule has 0 nitrogen and oxygen atoms in total. The van der Waals surface area contributed by atoms with Crippen LogP contribution in [0.5, 0.6) is 0 Å². The fourth-order valence-corrected chi connectivity index (χ4v) is 1.27. The first-order chi connectivity index (χ1) is 5.68. The third-order valence-corrected chi connectivity index (χ3v) is 2.71. The molecule has 72 valence electrons. The zero-order valence-electron chi connectivity index (χ0n) is 8.97. The Morgan fingerprint density at radius 1 is 1.08 bits per heavy atom. The lowest BCUT2D eigenvalue weighted by Gasteiger charge is -2.14. The van der Waals surface area contributed by atoms with E-state index in [1.54, 1.807) is 0 Å². The number of hydrogen-bond acceptors (Lipinski definition) is 0. The van der Waals surface area contributed by atoms with Gasteiger partial charge in [-0.15, -0.1) is 6.58 Å². The molecular weight excluding hydrogens is 144 g/mol. The van der Waals surface area contributed by atoms with Gasteiger partial charge in [0.15, 0.2) is 0 Å². The Kier molecular flexibility index (Phi) is 7.23. The Hall–Kier alpha value is -0.260. The summed E-state index contributed by atoms with van der Waals surface area (Å²) in [5, 5.41) is 0. The van der Waals surface area contributed by atoms with Gasteiger partial charge in [0.2, 0.25) is 0 Å². The van der Waals surface area contributed by atoms with Crippen LogP contribution >= 0.6 is 0 Å². The van der Waals surface area contributed by atoms with Gasteiger partial charge in [0.1, 0.15) is 0 Å². The van der Waals surface area contributed by atoms with Crippen molar-refractivity contribution in [2.75, 3.05) is 0 Å². The number of allylic oxidation sites excluding steroid dienone is 1. The van der Waals surface area contributed by atoms with Crippen molar-refractivity contribution in [2.24, 2.45) is 11.8 Å². The minimum absolute atomic E-state index is 0.851. The highest BCUT2D eigenvalue weighted by Gasteiger charge is 2.05. The van der Waals surface area contributed by atoms with Crippen molar-refractivity contribution in [3.05, 3.63) is 12.7 Å². The van der Waals surface area contributed by atoms with E-state index >= 15 is 0 Å². The van der Waals surface area contributed by atoms with Crippen molar-refractivity contribution >= 4 is 0 Å². The molecule has 0 spiro atoms.